The summed E-state index contributed by atoms with van der Waals surface area (Å²) in [6.07, 6.45) is 7.65. The molecule has 1 amide bonds. The van der Waals surface area contributed by atoms with Gasteiger partial charge < -0.3 is 10.4 Å². The Morgan fingerprint density at radius 2 is 2.33 bits per heavy atom. The summed E-state index contributed by atoms with van der Waals surface area (Å²) < 4.78 is 1.61. The molecule has 1 aromatic carbocycles. The molecule has 0 unspecified atom stereocenters. The fourth-order valence-electron chi connectivity index (χ4n) is 2.40. The van der Waals surface area contributed by atoms with Crippen LogP contribution >= 0.6 is 0 Å². The number of carbonyl (C=O) groups excluding carboxylic acids is 1. The van der Waals surface area contributed by atoms with Gasteiger partial charge in [-0.15, -0.1) is 0 Å². The molecule has 0 saturated carbocycles. The Labute approximate surface area is 122 Å². The maximum absolute atomic E-state index is 12.3. The number of hydrogen-bond acceptors (Lipinski definition) is 4. The first-order chi connectivity index (χ1) is 10.3. The van der Waals surface area contributed by atoms with Gasteiger partial charge in [0.05, 0.1) is 5.69 Å². The highest BCUT2D eigenvalue weighted by Gasteiger charge is 2.20. The average Bonchev–Trinajstić information content (AvgIpc) is 3.18. The lowest BCUT2D eigenvalue weighted by Crippen LogP contribution is -2.32. The van der Waals surface area contributed by atoms with E-state index in [1.165, 1.54) is 6.33 Å². The summed E-state index contributed by atoms with van der Waals surface area (Å²) in [4.78, 5) is 16.2. The van der Waals surface area contributed by atoms with E-state index >= 15 is 0 Å². The maximum atomic E-state index is 12.3. The topological polar surface area (TPSA) is 80.0 Å². The molecule has 1 aliphatic carbocycles. The van der Waals surface area contributed by atoms with Crippen LogP contribution in [0.1, 0.15) is 16.8 Å². The lowest BCUT2D eigenvalue weighted by molar-refractivity contribution is 0.0941. The standard InChI is InChI=1S/C15H16N4O2/c20-8-11-4-5-13(6-11)18-15(21)12-2-1-3-14(7-12)19-10-16-9-17-19/h1-5,7,9-11,13,20H,6,8H2,(H,18,21)/t11-,13+/m0/s1. The largest absolute Gasteiger partial charge is 0.396 e. The van der Waals surface area contributed by atoms with Crippen molar-refractivity contribution in [3.05, 3.63) is 54.6 Å². The minimum absolute atomic E-state index is 0.0234. The van der Waals surface area contributed by atoms with Crippen molar-refractivity contribution < 1.29 is 9.90 Å². The number of nitrogens with one attached hydrogen (secondary N) is 1. The number of nitrogens with zero attached hydrogens (tertiary/aromatic N) is 3. The van der Waals surface area contributed by atoms with E-state index in [9.17, 15) is 4.79 Å². The quantitative estimate of drug-likeness (QED) is 0.819. The van der Waals surface area contributed by atoms with Crippen molar-refractivity contribution in [3.8, 4) is 5.69 Å². The number of rotatable bonds is 4. The molecule has 0 radical (unpaired) electrons. The smallest absolute Gasteiger partial charge is 0.251 e. The second-order valence-electron chi connectivity index (χ2n) is 5.03. The Morgan fingerprint density at radius 1 is 1.43 bits per heavy atom. The van der Waals surface area contributed by atoms with E-state index in [0.29, 0.717) is 5.56 Å². The molecule has 0 spiro atoms. The van der Waals surface area contributed by atoms with Crippen LogP contribution in [0.15, 0.2) is 49.1 Å². The van der Waals surface area contributed by atoms with Gasteiger partial charge in [-0.05, 0) is 24.6 Å². The fourth-order valence-corrected chi connectivity index (χ4v) is 2.40. The Bertz CT molecular complexity index is 651. The summed E-state index contributed by atoms with van der Waals surface area (Å²) in [6, 6.07) is 7.18. The van der Waals surface area contributed by atoms with Gasteiger partial charge in [0.25, 0.3) is 5.91 Å². The molecule has 1 aliphatic rings. The van der Waals surface area contributed by atoms with Crippen molar-refractivity contribution in [1.29, 1.82) is 0 Å². The Hall–Kier alpha value is -2.47. The van der Waals surface area contributed by atoms with Gasteiger partial charge in [-0.3, -0.25) is 4.79 Å². The number of aromatic nitrogens is 3. The molecule has 2 N–H and O–H groups in total. The Kier molecular flexibility index (Phi) is 3.79. The van der Waals surface area contributed by atoms with Crippen molar-refractivity contribution in [3.63, 3.8) is 0 Å². The molecule has 2 atom stereocenters. The van der Waals surface area contributed by atoms with E-state index < -0.39 is 0 Å². The van der Waals surface area contributed by atoms with Gasteiger partial charge in [-0.2, -0.15) is 5.10 Å². The van der Waals surface area contributed by atoms with E-state index in [2.05, 4.69) is 15.4 Å². The summed E-state index contributed by atoms with van der Waals surface area (Å²) in [5.41, 5.74) is 1.36. The average molecular weight is 284 g/mol. The van der Waals surface area contributed by atoms with Crippen LogP contribution in [0.4, 0.5) is 0 Å². The molecule has 21 heavy (non-hydrogen) atoms. The second-order valence-corrected chi connectivity index (χ2v) is 5.03. The Morgan fingerprint density at radius 3 is 3.05 bits per heavy atom. The summed E-state index contributed by atoms with van der Waals surface area (Å²) in [5, 5.41) is 16.1. The molecular weight excluding hydrogens is 268 g/mol. The summed E-state index contributed by atoms with van der Waals surface area (Å²) in [7, 11) is 0. The van der Waals surface area contributed by atoms with Gasteiger partial charge >= 0.3 is 0 Å². The fraction of sp³-hybridized carbons (Fsp3) is 0.267. The number of benzene rings is 1. The van der Waals surface area contributed by atoms with Crippen LogP contribution in [0.2, 0.25) is 0 Å². The molecule has 108 valence electrons. The van der Waals surface area contributed by atoms with Crippen molar-refractivity contribution >= 4 is 5.91 Å². The normalized spacial score (nSPS) is 20.6. The molecular formula is C15H16N4O2. The number of carbonyl (C=O) groups is 1. The van der Waals surface area contributed by atoms with Gasteiger partial charge in [0.15, 0.2) is 0 Å². The predicted molar refractivity (Wildman–Crippen MR) is 76.9 cm³/mol. The molecule has 0 aliphatic heterocycles. The first-order valence-corrected chi connectivity index (χ1v) is 6.81. The maximum Gasteiger partial charge on any atom is 0.251 e. The monoisotopic (exact) mass is 284 g/mol. The molecule has 1 aromatic heterocycles. The second kappa shape index (κ2) is 5.88. The van der Waals surface area contributed by atoms with Gasteiger partial charge in [-0.25, -0.2) is 9.67 Å². The highest BCUT2D eigenvalue weighted by Crippen LogP contribution is 2.17. The Balaban J connectivity index is 1.71. The minimum Gasteiger partial charge on any atom is -0.396 e. The van der Waals surface area contributed by atoms with Crippen molar-refractivity contribution in [2.75, 3.05) is 6.61 Å². The predicted octanol–water partition coefficient (Wildman–Crippen LogP) is 0.934. The van der Waals surface area contributed by atoms with Crippen LogP contribution < -0.4 is 5.32 Å². The van der Waals surface area contributed by atoms with Gasteiger partial charge in [0, 0.05) is 24.1 Å². The summed E-state index contributed by atoms with van der Waals surface area (Å²) >= 11 is 0. The van der Waals surface area contributed by atoms with Gasteiger partial charge in [0.2, 0.25) is 0 Å². The van der Waals surface area contributed by atoms with E-state index in [-0.39, 0.29) is 24.5 Å². The summed E-state index contributed by atoms with van der Waals surface area (Å²) in [6.45, 7) is 0.116. The zero-order valence-electron chi connectivity index (χ0n) is 11.4. The van der Waals surface area contributed by atoms with Crippen molar-refractivity contribution in [1.82, 2.24) is 20.1 Å². The van der Waals surface area contributed by atoms with Crippen molar-refractivity contribution in [2.24, 2.45) is 5.92 Å². The van der Waals surface area contributed by atoms with Crippen LogP contribution in [-0.4, -0.2) is 38.4 Å². The van der Waals surface area contributed by atoms with Crippen LogP contribution in [0.25, 0.3) is 5.69 Å². The van der Waals surface area contributed by atoms with Crippen LogP contribution in [-0.2, 0) is 0 Å². The molecule has 6 nitrogen and oxygen atoms in total. The first-order valence-electron chi connectivity index (χ1n) is 6.81. The number of amides is 1. The van der Waals surface area contributed by atoms with Crippen LogP contribution in [0.3, 0.4) is 0 Å². The molecule has 2 aromatic rings. The first kappa shape index (κ1) is 13.5. The number of aliphatic hydroxyl groups excluding tert-OH is 1. The van der Waals surface area contributed by atoms with E-state index in [1.807, 2.05) is 24.3 Å². The van der Waals surface area contributed by atoms with E-state index in [1.54, 1.807) is 23.1 Å². The molecule has 1 heterocycles. The third kappa shape index (κ3) is 3.00. The third-order valence-corrected chi connectivity index (χ3v) is 3.51. The lowest BCUT2D eigenvalue weighted by Gasteiger charge is -2.13. The number of aliphatic hydroxyl groups is 1. The zero-order valence-corrected chi connectivity index (χ0v) is 11.4. The highest BCUT2D eigenvalue weighted by molar-refractivity contribution is 5.95. The van der Waals surface area contributed by atoms with Crippen molar-refractivity contribution in [2.45, 2.75) is 12.5 Å². The van der Waals surface area contributed by atoms with E-state index in [0.717, 1.165) is 12.1 Å². The van der Waals surface area contributed by atoms with Gasteiger partial charge in [-0.1, -0.05) is 18.2 Å². The molecule has 0 bridgehead atoms. The van der Waals surface area contributed by atoms with Crippen LogP contribution in [0, 0.1) is 5.92 Å². The van der Waals surface area contributed by atoms with Gasteiger partial charge in [0.1, 0.15) is 12.7 Å². The van der Waals surface area contributed by atoms with Crippen LogP contribution in [0.5, 0.6) is 0 Å². The molecule has 0 fully saturated rings. The molecule has 6 heteroatoms. The lowest BCUT2D eigenvalue weighted by atomic mass is 10.1. The number of hydrogen-bond donors (Lipinski definition) is 2. The SMILES string of the molecule is O=C(N[C@@H]1C=C[C@H](CO)C1)c1cccc(-n2cncn2)c1. The molecule has 0 saturated heterocycles. The summed E-state index contributed by atoms with van der Waals surface area (Å²) in [5.74, 6) is 0.00184. The zero-order chi connectivity index (χ0) is 14.7. The highest BCUT2D eigenvalue weighted by atomic mass is 16.3. The third-order valence-electron chi connectivity index (χ3n) is 3.51. The van der Waals surface area contributed by atoms with E-state index in [4.69, 9.17) is 5.11 Å². The minimum atomic E-state index is -0.134. The molecule has 3 rings (SSSR count).